The lowest BCUT2D eigenvalue weighted by Crippen LogP contribution is -2.26. The van der Waals surface area contributed by atoms with Crippen LogP contribution in [0.25, 0.3) is 16.7 Å². The van der Waals surface area contributed by atoms with Gasteiger partial charge in [-0.2, -0.15) is 5.10 Å². The smallest absolute Gasteiger partial charge is 0.168 e. The predicted molar refractivity (Wildman–Crippen MR) is 87.7 cm³/mol. The number of rotatable bonds is 2. The molecule has 0 spiro atoms. The summed E-state index contributed by atoms with van der Waals surface area (Å²) >= 11 is 3.48. The maximum atomic E-state index is 4.45. The second kappa shape index (κ2) is 5.11. The highest BCUT2D eigenvalue weighted by atomic mass is 79.9. The van der Waals surface area contributed by atoms with Crippen LogP contribution >= 0.6 is 15.9 Å². The first-order chi connectivity index (χ1) is 9.94. The van der Waals surface area contributed by atoms with E-state index in [4.69, 9.17) is 0 Å². The Morgan fingerprint density at radius 1 is 1.19 bits per heavy atom. The van der Waals surface area contributed by atoms with Crippen molar-refractivity contribution >= 4 is 32.8 Å². The molecule has 3 aromatic rings. The molecule has 0 aliphatic heterocycles. The molecule has 6 heteroatoms. The van der Waals surface area contributed by atoms with Gasteiger partial charge in [-0.1, -0.05) is 22.0 Å². The Morgan fingerprint density at radius 3 is 2.71 bits per heavy atom. The van der Waals surface area contributed by atoms with Crippen LogP contribution in [0.4, 0.5) is 5.82 Å². The van der Waals surface area contributed by atoms with E-state index in [-0.39, 0.29) is 5.54 Å². The Labute approximate surface area is 131 Å². The molecule has 0 radical (unpaired) electrons. The number of benzene rings is 1. The van der Waals surface area contributed by atoms with Crippen LogP contribution in [0.15, 0.2) is 41.3 Å². The van der Waals surface area contributed by atoms with Crippen molar-refractivity contribution in [2.24, 2.45) is 0 Å². The summed E-state index contributed by atoms with van der Waals surface area (Å²) in [5.41, 5.74) is 1.67. The lowest BCUT2D eigenvalue weighted by Gasteiger charge is -2.21. The minimum atomic E-state index is -0.0703. The topological polar surface area (TPSA) is 55.6 Å². The van der Waals surface area contributed by atoms with Gasteiger partial charge in [0, 0.05) is 10.0 Å². The van der Waals surface area contributed by atoms with Gasteiger partial charge in [0.05, 0.1) is 17.3 Å². The number of nitrogens with one attached hydrogen (secondary N) is 1. The maximum Gasteiger partial charge on any atom is 0.168 e. The van der Waals surface area contributed by atoms with E-state index < -0.39 is 0 Å². The first-order valence-electron chi connectivity index (χ1n) is 6.67. The molecule has 1 N–H and O–H groups in total. The Balaban J connectivity index is 2.13. The highest BCUT2D eigenvalue weighted by Crippen LogP contribution is 2.24. The van der Waals surface area contributed by atoms with E-state index in [0.717, 1.165) is 27.0 Å². The van der Waals surface area contributed by atoms with E-state index in [1.54, 1.807) is 12.5 Å². The fourth-order valence-corrected chi connectivity index (χ4v) is 2.48. The molecule has 0 aliphatic rings. The SMILES string of the molecule is CC(C)(C)Nc1ncnc2c1cnn2-c1cccc(Br)c1. The summed E-state index contributed by atoms with van der Waals surface area (Å²) in [5.74, 6) is 0.800. The van der Waals surface area contributed by atoms with Crippen LogP contribution in [0.2, 0.25) is 0 Å². The first kappa shape index (κ1) is 14.0. The van der Waals surface area contributed by atoms with Crippen LogP contribution in [0.5, 0.6) is 0 Å². The molecule has 21 heavy (non-hydrogen) atoms. The molecule has 0 fully saturated rings. The molecule has 0 atom stereocenters. The van der Waals surface area contributed by atoms with Gasteiger partial charge in [0.2, 0.25) is 0 Å². The molecule has 0 saturated heterocycles. The maximum absolute atomic E-state index is 4.45. The molecule has 0 unspecified atom stereocenters. The Kier molecular flexibility index (Phi) is 3.41. The predicted octanol–water partition coefficient (Wildman–Crippen LogP) is 3.79. The van der Waals surface area contributed by atoms with E-state index in [1.807, 2.05) is 28.9 Å². The molecule has 5 nitrogen and oxygen atoms in total. The zero-order chi connectivity index (χ0) is 15.0. The van der Waals surface area contributed by atoms with Crippen molar-refractivity contribution in [3.63, 3.8) is 0 Å². The van der Waals surface area contributed by atoms with E-state index in [9.17, 15) is 0 Å². The van der Waals surface area contributed by atoms with Gasteiger partial charge in [0.1, 0.15) is 12.1 Å². The molecule has 2 heterocycles. The van der Waals surface area contributed by atoms with Crippen LogP contribution in [0.1, 0.15) is 20.8 Å². The van der Waals surface area contributed by atoms with E-state index in [2.05, 4.69) is 57.1 Å². The summed E-state index contributed by atoms with van der Waals surface area (Å²) in [7, 11) is 0. The lowest BCUT2D eigenvalue weighted by atomic mass is 10.1. The van der Waals surface area contributed by atoms with Crippen molar-refractivity contribution in [2.45, 2.75) is 26.3 Å². The number of fused-ring (bicyclic) bond motifs is 1. The number of aromatic nitrogens is 4. The number of hydrogen-bond acceptors (Lipinski definition) is 4. The molecule has 0 saturated carbocycles. The summed E-state index contributed by atoms with van der Waals surface area (Å²) in [6.45, 7) is 6.29. The molecule has 0 aliphatic carbocycles. The number of halogens is 1. The molecular formula is C15H16BrN5. The lowest BCUT2D eigenvalue weighted by molar-refractivity contribution is 0.631. The van der Waals surface area contributed by atoms with Gasteiger partial charge < -0.3 is 5.32 Å². The van der Waals surface area contributed by atoms with Crippen molar-refractivity contribution < 1.29 is 0 Å². The second-order valence-corrected chi connectivity index (χ2v) is 6.79. The summed E-state index contributed by atoms with van der Waals surface area (Å²) < 4.78 is 2.82. The van der Waals surface area contributed by atoms with Crippen LogP contribution in [-0.4, -0.2) is 25.3 Å². The largest absolute Gasteiger partial charge is 0.365 e. The summed E-state index contributed by atoms with van der Waals surface area (Å²) in [5, 5.41) is 8.75. The Hall–Kier alpha value is -1.95. The second-order valence-electron chi connectivity index (χ2n) is 5.87. The zero-order valence-corrected chi connectivity index (χ0v) is 13.7. The van der Waals surface area contributed by atoms with Crippen LogP contribution in [0.3, 0.4) is 0 Å². The van der Waals surface area contributed by atoms with Gasteiger partial charge in [0.15, 0.2) is 5.65 Å². The minimum absolute atomic E-state index is 0.0703. The number of hydrogen-bond donors (Lipinski definition) is 1. The fourth-order valence-electron chi connectivity index (χ4n) is 2.10. The molecule has 0 bridgehead atoms. The summed E-state index contributed by atoms with van der Waals surface area (Å²) in [4.78, 5) is 8.70. The molecule has 0 amide bonds. The summed E-state index contributed by atoms with van der Waals surface area (Å²) in [6.07, 6.45) is 3.36. The van der Waals surface area contributed by atoms with Gasteiger partial charge in [-0.15, -0.1) is 0 Å². The third-order valence-electron chi connectivity index (χ3n) is 2.91. The minimum Gasteiger partial charge on any atom is -0.365 e. The zero-order valence-electron chi connectivity index (χ0n) is 12.1. The van der Waals surface area contributed by atoms with Crippen molar-refractivity contribution in [3.05, 3.63) is 41.3 Å². The van der Waals surface area contributed by atoms with Gasteiger partial charge >= 0.3 is 0 Å². The highest BCUT2D eigenvalue weighted by molar-refractivity contribution is 9.10. The monoisotopic (exact) mass is 345 g/mol. The molecule has 2 aromatic heterocycles. The van der Waals surface area contributed by atoms with E-state index >= 15 is 0 Å². The molecule has 1 aromatic carbocycles. The van der Waals surface area contributed by atoms with Gasteiger partial charge in [-0.05, 0) is 39.0 Å². The third kappa shape index (κ3) is 2.90. The standard InChI is InChI=1S/C15H16BrN5/c1-15(2,3)20-13-12-8-19-21(14(12)18-9-17-13)11-6-4-5-10(16)7-11/h4-9H,1-3H3,(H,17,18,20). The summed E-state index contributed by atoms with van der Waals surface area (Å²) in [6, 6.07) is 7.96. The molecular weight excluding hydrogens is 330 g/mol. The van der Waals surface area contributed by atoms with E-state index in [0.29, 0.717) is 0 Å². The third-order valence-corrected chi connectivity index (χ3v) is 3.41. The van der Waals surface area contributed by atoms with Crippen LogP contribution < -0.4 is 5.32 Å². The van der Waals surface area contributed by atoms with Crippen LogP contribution in [0, 0.1) is 0 Å². The average Bonchev–Trinajstić information content (AvgIpc) is 2.82. The van der Waals surface area contributed by atoms with Gasteiger partial charge in [-0.25, -0.2) is 14.6 Å². The van der Waals surface area contributed by atoms with E-state index in [1.165, 1.54) is 0 Å². The average molecular weight is 346 g/mol. The van der Waals surface area contributed by atoms with Crippen molar-refractivity contribution in [3.8, 4) is 5.69 Å². The van der Waals surface area contributed by atoms with Gasteiger partial charge in [0.25, 0.3) is 0 Å². The Bertz CT molecular complexity index is 788. The quantitative estimate of drug-likeness (QED) is 0.767. The van der Waals surface area contributed by atoms with Crippen LogP contribution in [-0.2, 0) is 0 Å². The first-order valence-corrected chi connectivity index (χ1v) is 7.46. The fraction of sp³-hybridized carbons (Fsp3) is 0.267. The molecule has 108 valence electrons. The number of nitrogens with zero attached hydrogens (tertiary/aromatic N) is 4. The van der Waals surface area contributed by atoms with Crippen molar-refractivity contribution in [1.29, 1.82) is 0 Å². The molecule has 3 rings (SSSR count). The van der Waals surface area contributed by atoms with Gasteiger partial charge in [-0.3, -0.25) is 0 Å². The normalized spacial score (nSPS) is 11.8. The van der Waals surface area contributed by atoms with Crippen molar-refractivity contribution in [2.75, 3.05) is 5.32 Å². The number of anilines is 1. The highest BCUT2D eigenvalue weighted by Gasteiger charge is 2.16. The van der Waals surface area contributed by atoms with Crippen molar-refractivity contribution in [1.82, 2.24) is 19.7 Å². The Morgan fingerprint density at radius 2 is 2.00 bits per heavy atom.